The second-order valence-electron chi connectivity index (χ2n) is 3.10. The Kier molecular flexibility index (Phi) is 2.59. The van der Waals surface area contributed by atoms with Gasteiger partial charge in [-0.1, -0.05) is 4.47 Å². The van der Waals surface area contributed by atoms with Crippen LogP contribution in [0.2, 0.25) is 0 Å². The van der Waals surface area contributed by atoms with Gasteiger partial charge in [0.2, 0.25) is 0 Å². The van der Waals surface area contributed by atoms with Gasteiger partial charge in [-0.3, -0.25) is 4.84 Å². The topological polar surface area (TPSA) is 85.5 Å². The van der Waals surface area contributed by atoms with Crippen molar-refractivity contribution in [2.24, 2.45) is 0 Å². The van der Waals surface area contributed by atoms with E-state index in [0.29, 0.717) is 19.6 Å². The number of nitrogens with two attached hydrogens (primary N) is 1. The molecular formula is C8H11N3O3S. The van der Waals surface area contributed by atoms with E-state index in [1.165, 1.54) is 18.3 Å². The van der Waals surface area contributed by atoms with Crippen LogP contribution in [0.5, 0.6) is 0 Å². The van der Waals surface area contributed by atoms with Crippen LogP contribution < -0.4 is 5.73 Å². The molecule has 0 aliphatic carbocycles. The molecular weight excluding hydrogens is 218 g/mol. The summed E-state index contributed by atoms with van der Waals surface area (Å²) in [6, 6.07) is 2.94. The molecule has 1 aliphatic heterocycles. The molecule has 6 nitrogen and oxygen atoms in total. The number of nitrogen functional groups attached to an aromatic ring is 1. The minimum atomic E-state index is -3.65. The zero-order valence-electron chi connectivity index (χ0n) is 7.96. The van der Waals surface area contributed by atoms with Crippen LogP contribution in [0.3, 0.4) is 0 Å². The van der Waals surface area contributed by atoms with Gasteiger partial charge in [0.15, 0.2) is 0 Å². The number of nitrogens with zero attached hydrogens (tertiary/aromatic N) is 2. The van der Waals surface area contributed by atoms with Crippen LogP contribution in [-0.2, 0) is 14.9 Å². The summed E-state index contributed by atoms with van der Waals surface area (Å²) in [6.07, 6.45) is 2.14. The van der Waals surface area contributed by atoms with Crippen LogP contribution in [0.15, 0.2) is 23.2 Å². The predicted octanol–water partition coefficient (Wildman–Crippen LogP) is -0.0102. The molecule has 1 fully saturated rings. The molecule has 0 aromatic carbocycles. The third-order valence-electron chi connectivity index (χ3n) is 2.07. The van der Waals surface area contributed by atoms with E-state index in [1.54, 1.807) is 0 Å². The summed E-state index contributed by atoms with van der Waals surface area (Å²) < 4.78 is 24.8. The number of sulfonamides is 1. The number of hydrogen-bond donors (Lipinski definition) is 1. The van der Waals surface area contributed by atoms with Crippen molar-refractivity contribution in [2.45, 2.75) is 11.3 Å². The van der Waals surface area contributed by atoms with E-state index in [2.05, 4.69) is 4.98 Å². The van der Waals surface area contributed by atoms with Crippen LogP contribution in [0.25, 0.3) is 0 Å². The maximum atomic E-state index is 11.9. The highest BCUT2D eigenvalue weighted by atomic mass is 32.2. The summed E-state index contributed by atoms with van der Waals surface area (Å²) in [7, 11) is -3.65. The van der Waals surface area contributed by atoms with Crippen LogP contribution >= 0.6 is 0 Å². The van der Waals surface area contributed by atoms with Gasteiger partial charge in [0.1, 0.15) is 10.7 Å². The van der Waals surface area contributed by atoms with Gasteiger partial charge >= 0.3 is 0 Å². The Morgan fingerprint density at radius 3 is 2.93 bits per heavy atom. The monoisotopic (exact) mass is 229 g/mol. The van der Waals surface area contributed by atoms with Crippen molar-refractivity contribution in [1.29, 1.82) is 0 Å². The number of hydrogen-bond acceptors (Lipinski definition) is 5. The Balaban J connectivity index is 2.41. The zero-order valence-corrected chi connectivity index (χ0v) is 8.77. The summed E-state index contributed by atoms with van der Waals surface area (Å²) in [5.74, 6) is -0.00648. The van der Waals surface area contributed by atoms with Gasteiger partial charge in [-0.15, -0.1) is 0 Å². The van der Waals surface area contributed by atoms with E-state index in [-0.39, 0.29) is 10.7 Å². The zero-order chi connectivity index (χ0) is 10.9. The highest BCUT2D eigenvalue weighted by molar-refractivity contribution is 7.89. The van der Waals surface area contributed by atoms with Gasteiger partial charge in [-0.2, -0.15) is 0 Å². The smallest absolute Gasteiger partial charge is 0.268 e. The third kappa shape index (κ3) is 1.81. The first-order valence-electron chi connectivity index (χ1n) is 4.48. The summed E-state index contributed by atoms with van der Waals surface area (Å²) in [5.41, 5.74) is 5.50. The molecule has 0 amide bonds. The first-order chi connectivity index (χ1) is 7.12. The lowest BCUT2D eigenvalue weighted by atomic mass is 10.5. The Morgan fingerprint density at radius 1 is 1.53 bits per heavy atom. The molecule has 0 bridgehead atoms. The molecule has 0 unspecified atom stereocenters. The van der Waals surface area contributed by atoms with E-state index in [4.69, 9.17) is 10.6 Å². The number of hydroxylamine groups is 1. The summed E-state index contributed by atoms with van der Waals surface area (Å²) >= 11 is 0. The quantitative estimate of drug-likeness (QED) is 0.770. The average Bonchev–Trinajstić information content (AvgIpc) is 2.71. The van der Waals surface area contributed by atoms with E-state index in [1.807, 2.05) is 0 Å². The third-order valence-corrected chi connectivity index (χ3v) is 3.79. The van der Waals surface area contributed by atoms with Crippen molar-refractivity contribution in [3.05, 3.63) is 18.3 Å². The molecule has 82 valence electrons. The lowest BCUT2D eigenvalue weighted by molar-refractivity contribution is -0.0284. The first kappa shape index (κ1) is 10.3. The van der Waals surface area contributed by atoms with Gasteiger partial charge in [-0.05, 0) is 18.6 Å². The Labute approximate surface area is 87.7 Å². The molecule has 1 aliphatic rings. The molecule has 1 aromatic heterocycles. The second-order valence-corrected chi connectivity index (χ2v) is 4.90. The fourth-order valence-electron chi connectivity index (χ4n) is 1.34. The van der Waals surface area contributed by atoms with Crippen LogP contribution in [0, 0.1) is 0 Å². The molecule has 0 radical (unpaired) electrons. The number of anilines is 1. The normalized spacial score (nSPS) is 18.1. The Hall–Kier alpha value is -1.18. The fourth-order valence-corrected chi connectivity index (χ4v) is 2.71. The van der Waals surface area contributed by atoms with Crippen molar-refractivity contribution in [3.63, 3.8) is 0 Å². The lowest BCUT2D eigenvalue weighted by Crippen LogP contribution is -2.27. The summed E-state index contributed by atoms with van der Waals surface area (Å²) in [4.78, 5) is 8.71. The van der Waals surface area contributed by atoms with Crippen molar-refractivity contribution in [3.8, 4) is 0 Å². The number of aromatic nitrogens is 1. The summed E-state index contributed by atoms with van der Waals surface area (Å²) in [6.45, 7) is 0.774. The minimum Gasteiger partial charge on any atom is -0.383 e. The van der Waals surface area contributed by atoms with Crippen molar-refractivity contribution in [2.75, 3.05) is 18.9 Å². The van der Waals surface area contributed by atoms with Crippen LogP contribution in [0.4, 0.5) is 5.82 Å². The standard InChI is InChI=1S/C8H11N3O3S/c9-8-7(3-1-4-10-8)15(12,13)11-5-2-6-14-11/h1,3-4H,2,5-6H2,(H2,9,10). The summed E-state index contributed by atoms with van der Waals surface area (Å²) in [5, 5.41) is 0. The molecule has 2 heterocycles. The van der Waals surface area contributed by atoms with Crippen molar-refractivity contribution in [1.82, 2.24) is 9.45 Å². The van der Waals surface area contributed by atoms with Gasteiger partial charge in [0.05, 0.1) is 6.61 Å². The van der Waals surface area contributed by atoms with E-state index >= 15 is 0 Å². The largest absolute Gasteiger partial charge is 0.383 e. The van der Waals surface area contributed by atoms with E-state index in [9.17, 15) is 8.42 Å². The van der Waals surface area contributed by atoms with Crippen molar-refractivity contribution >= 4 is 15.8 Å². The minimum absolute atomic E-state index is 0.00648. The fraction of sp³-hybridized carbons (Fsp3) is 0.375. The van der Waals surface area contributed by atoms with Gasteiger partial charge < -0.3 is 5.73 Å². The van der Waals surface area contributed by atoms with Crippen molar-refractivity contribution < 1.29 is 13.3 Å². The maximum absolute atomic E-state index is 11.9. The molecule has 15 heavy (non-hydrogen) atoms. The molecule has 2 rings (SSSR count). The Morgan fingerprint density at radius 2 is 2.33 bits per heavy atom. The highest BCUT2D eigenvalue weighted by Gasteiger charge is 2.30. The van der Waals surface area contributed by atoms with Gasteiger partial charge in [0.25, 0.3) is 10.0 Å². The molecule has 2 N–H and O–H groups in total. The highest BCUT2D eigenvalue weighted by Crippen LogP contribution is 2.22. The van der Waals surface area contributed by atoms with E-state index < -0.39 is 10.0 Å². The molecule has 0 atom stereocenters. The second kappa shape index (κ2) is 3.76. The SMILES string of the molecule is Nc1ncccc1S(=O)(=O)N1CCCO1. The lowest BCUT2D eigenvalue weighted by Gasteiger charge is -2.14. The molecule has 7 heteroatoms. The van der Waals surface area contributed by atoms with Gasteiger partial charge in [0, 0.05) is 12.7 Å². The first-order valence-corrected chi connectivity index (χ1v) is 5.92. The van der Waals surface area contributed by atoms with Crippen LogP contribution in [0.1, 0.15) is 6.42 Å². The predicted molar refractivity (Wildman–Crippen MR) is 53.1 cm³/mol. The van der Waals surface area contributed by atoms with Gasteiger partial charge in [-0.25, -0.2) is 13.4 Å². The number of rotatable bonds is 2. The van der Waals surface area contributed by atoms with Crippen LogP contribution in [-0.4, -0.2) is 31.0 Å². The average molecular weight is 229 g/mol. The van der Waals surface area contributed by atoms with E-state index in [0.717, 1.165) is 4.47 Å². The Bertz CT molecular complexity index is 454. The maximum Gasteiger partial charge on any atom is 0.268 e. The molecule has 0 spiro atoms. The molecule has 1 aromatic rings. The molecule has 1 saturated heterocycles. The number of pyridine rings is 1. The molecule has 0 saturated carbocycles.